The number of nitriles is 1. The van der Waals surface area contributed by atoms with Gasteiger partial charge in [-0.25, -0.2) is 4.39 Å². The highest BCUT2D eigenvalue weighted by Gasteiger charge is 2.12. The molecular weight excluding hydrogens is 227 g/mol. The standard InChI is InChI=1S/C15H19FN2/c16-15-10-14(9-8-12(15)11-17)18-13-6-4-2-1-3-5-7-13/h8-10,13,18H,1-7H2. The van der Waals surface area contributed by atoms with E-state index in [4.69, 9.17) is 5.26 Å². The largest absolute Gasteiger partial charge is 0.382 e. The minimum atomic E-state index is -0.437. The number of benzene rings is 1. The summed E-state index contributed by atoms with van der Waals surface area (Å²) in [6.45, 7) is 0. The van der Waals surface area contributed by atoms with Crippen molar-refractivity contribution in [3.63, 3.8) is 0 Å². The molecule has 1 aromatic carbocycles. The lowest BCUT2D eigenvalue weighted by Gasteiger charge is -2.22. The Morgan fingerprint density at radius 2 is 1.78 bits per heavy atom. The van der Waals surface area contributed by atoms with Crippen molar-refractivity contribution in [2.75, 3.05) is 5.32 Å². The Bertz CT molecular complexity index is 429. The Morgan fingerprint density at radius 1 is 1.11 bits per heavy atom. The number of nitrogens with one attached hydrogen (secondary N) is 1. The molecule has 0 aromatic heterocycles. The lowest BCUT2D eigenvalue weighted by molar-refractivity contribution is 0.471. The number of anilines is 1. The van der Waals surface area contributed by atoms with Crippen LogP contribution in [-0.4, -0.2) is 6.04 Å². The third kappa shape index (κ3) is 3.46. The topological polar surface area (TPSA) is 35.8 Å². The van der Waals surface area contributed by atoms with Crippen LogP contribution < -0.4 is 5.32 Å². The van der Waals surface area contributed by atoms with E-state index in [0.29, 0.717) is 6.04 Å². The Kier molecular flexibility index (Phi) is 4.58. The SMILES string of the molecule is N#Cc1ccc(NC2CCCCCCC2)cc1F. The van der Waals surface area contributed by atoms with Crippen molar-refractivity contribution < 1.29 is 4.39 Å². The number of nitrogens with zero attached hydrogens (tertiary/aromatic N) is 1. The van der Waals surface area contributed by atoms with Gasteiger partial charge in [0.2, 0.25) is 0 Å². The smallest absolute Gasteiger partial charge is 0.143 e. The van der Waals surface area contributed by atoms with Gasteiger partial charge in [0.05, 0.1) is 5.56 Å². The van der Waals surface area contributed by atoms with E-state index in [2.05, 4.69) is 5.32 Å². The van der Waals surface area contributed by atoms with Gasteiger partial charge in [0.1, 0.15) is 11.9 Å². The van der Waals surface area contributed by atoms with E-state index in [9.17, 15) is 4.39 Å². The average Bonchev–Trinajstić information content (AvgIpc) is 2.33. The van der Waals surface area contributed by atoms with Gasteiger partial charge >= 0.3 is 0 Å². The van der Waals surface area contributed by atoms with Crippen molar-refractivity contribution in [1.29, 1.82) is 5.26 Å². The molecule has 1 saturated carbocycles. The molecule has 0 bridgehead atoms. The molecule has 0 radical (unpaired) electrons. The van der Waals surface area contributed by atoms with Gasteiger partial charge in [0, 0.05) is 11.7 Å². The van der Waals surface area contributed by atoms with E-state index in [0.717, 1.165) is 18.5 Å². The van der Waals surface area contributed by atoms with Crippen LogP contribution in [0.25, 0.3) is 0 Å². The molecule has 0 unspecified atom stereocenters. The van der Waals surface area contributed by atoms with Crippen molar-refractivity contribution >= 4 is 5.69 Å². The van der Waals surface area contributed by atoms with E-state index in [-0.39, 0.29) is 5.56 Å². The van der Waals surface area contributed by atoms with Gasteiger partial charge in [-0.2, -0.15) is 5.26 Å². The average molecular weight is 246 g/mol. The minimum Gasteiger partial charge on any atom is -0.382 e. The molecule has 2 nitrogen and oxygen atoms in total. The van der Waals surface area contributed by atoms with Crippen molar-refractivity contribution in [2.24, 2.45) is 0 Å². The fourth-order valence-electron chi connectivity index (χ4n) is 2.53. The molecule has 3 heteroatoms. The summed E-state index contributed by atoms with van der Waals surface area (Å²) in [6, 6.07) is 7.05. The maximum Gasteiger partial charge on any atom is 0.143 e. The third-order valence-electron chi connectivity index (χ3n) is 3.57. The number of halogens is 1. The summed E-state index contributed by atoms with van der Waals surface area (Å²) >= 11 is 0. The van der Waals surface area contributed by atoms with E-state index >= 15 is 0 Å². The first-order valence-corrected chi connectivity index (χ1v) is 6.76. The van der Waals surface area contributed by atoms with Crippen LogP contribution in [0.1, 0.15) is 50.5 Å². The second-order valence-corrected chi connectivity index (χ2v) is 4.99. The van der Waals surface area contributed by atoms with Gasteiger partial charge in [0.25, 0.3) is 0 Å². The van der Waals surface area contributed by atoms with Crippen LogP contribution in [0, 0.1) is 17.1 Å². The first-order chi connectivity index (χ1) is 8.79. The molecule has 0 saturated heterocycles. The maximum absolute atomic E-state index is 13.5. The Morgan fingerprint density at radius 3 is 2.39 bits per heavy atom. The van der Waals surface area contributed by atoms with Gasteiger partial charge in [-0.05, 0) is 31.0 Å². The van der Waals surface area contributed by atoms with E-state index < -0.39 is 5.82 Å². The van der Waals surface area contributed by atoms with Crippen molar-refractivity contribution in [2.45, 2.75) is 51.0 Å². The summed E-state index contributed by atoms with van der Waals surface area (Å²) in [5, 5.41) is 12.1. The van der Waals surface area contributed by atoms with Gasteiger partial charge in [-0.15, -0.1) is 0 Å². The molecule has 0 heterocycles. The van der Waals surface area contributed by atoms with Crippen molar-refractivity contribution in [3.8, 4) is 6.07 Å². The zero-order valence-corrected chi connectivity index (χ0v) is 10.6. The van der Waals surface area contributed by atoms with Gasteiger partial charge < -0.3 is 5.32 Å². The second-order valence-electron chi connectivity index (χ2n) is 4.99. The molecule has 0 aliphatic heterocycles. The van der Waals surface area contributed by atoms with Crippen LogP contribution in [0.15, 0.2) is 18.2 Å². The molecule has 0 spiro atoms. The van der Waals surface area contributed by atoms with Crippen molar-refractivity contribution in [3.05, 3.63) is 29.6 Å². The Hall–Kier alpha value is -1.56. The highest BCUT2D eigenvalue weighted by molar-refractivity contribution is 5.48. The quantitative estimate of drug-likeness (QED) is 0.848. The molecule has 96 valence electrons. The molecule has 1 aliphatic rings. The zero-order chi connectivity index (χ0) is 12.8. The molecule has 1 N–H and O–H groups in total. The molecule has 0 amide bonds. The molecule has 0 atom stereocenters. The van der Waals surface area contributed by atoms with Crippen LogP contribution >= 0.6 is 0 Å². The fraction of sp³-hybridized carbons (Fsp3) is 0.533. The Balaban J connectivity index is 1.99. The van der Waals surface area contributed by atoms with Gasteiger partial charge in [0.15, 0.2) is 0 Å². The number of hydrogen-bond donors (Lipinski definition) is 1. The molecule has 18 heavy (non-hydrogen) atoms. The minimum absolute atomic E-state index is 0.109. The van der Waals surface area contributed by atoms with E-state index in [1.165, 1.54) is 38.2 Å². The summed E-state index contributed by atoms with van der Waals surface area (Å²) in [5.41, 5.74) is 0.898. The zero-order valence-electron chi connectivity index (χ0n) is 10.6. The highest BCUT2D eigenvalue weighted by atomic mass is 19.1. The van der Waals surface area contributed by atoms with Gasteiger partial charge in [-0.1, -0.05) is 32.1 Å². The fourth-order valence-corrected chi connectivity index (χ4v) is 2.53. The lowest BCUT2D eigenvalue weighted by Crippen LogP contribution is -2.20. The summed E-state index contributed by atoms with van der Waals surface area (Å²) in [7, 11) is 0. The summed E-state index contributed by atoms with van der Waals surface area (Å²) in [5.74, 6) is -0.437. The molecular formula is C15H19FN2. The highest BCUT2D eigenvalue weighted by Crippen LogP contribution is 2.22. The van der Waals surface area contributed by atoms with Crippen LogP contribution in [0.4, 0.5) is 10.1 Å². The van der Waals surface area contributed by atoms with Crippen LogP contribution in [0.2, 0.25) is 0 Å². The van der Waals surface area contributed by atoms with Crippen LogP contribution in [0.3, 0.4) is 0 Å². The summed E-state index contributed by atoms with van der Waals surface area (Å²) < 4.78 is 13.5. The maximum atomic E-state index is 13.5. The Labute approximate surface area is 108 Å². The molecule has 2 rings (SSSR count). The summed E-state index contributed by atoms with van der Waals surface area (Å²) in [4.78, 5) is 0. The predicted molar refractivity (Wildman–Crippen MR) is 70.8 cm³/mol. The van der Waals surface area contributed by atoms with Crippen molar-refractivity contribution in [1.82, 2.24) is 0 Å². The third-order valence-corrected chi connectivity index (χ3v) is 3.57. The van der Waals surface area contributed by atoms with Gasteiger partial charge in [-0.3, -0.25) is 0 Å². The second kappa shape index (κ2) is 6.39. The normalized spacial score (nSPS) is 17.6. The first kappa shape index (κ1) is 12.9. The van der Waals surface area contributed by atoms with E-state index in [1.807, 2.05) is 6.07 Å². The first-order valence-electron chi connectivity index (χ1n) is 6.76. The number of rotatable bonds is 2. The van der Waals surface area contributed by atoms with Crippen LogP contribution in [-0.2, 0) is 0 Å². The molecule has 1 aromatic rings. The number of hydrogen-bond acceptors (Lipinski definition) is 2. The van der Waals surface area contributed by atoms with E-state index in [1.54, 1.807) is 12.1 Å². The van der Waals surface area contributed by atoms with Crippen LogP contribution in [0.5, 0.6) is 0 Å². The molecule has 1 aliphatic carbocycles. The monoisotopic (exact) mass is 246 g/mol. The lowest BCUT2D eigenvalue weighted by atomic mass is 9.96. The summed E-state index contributed by atoms with van der Waals surface area (Å²) in [6.07, 6.45) is 8.76. The predicted octanol–water partition coefficient (Wildman–Crippen LogP) is 4.22. The molecule has 1 fully saturated rings.